The van der Waals surface area contributed by atoms with E-state index in [-0.39, 0.29) is 6.04 Å². The Bertz CT molecular complexity index is 426. The second kappa shape index (κ2) is 4.14. The van der Waals surface area contributed by atoms with Gasteiger partial charge in [-0.3, -0.25) is 4.98 Å². The van der Waals surface area contributed by atoms with Gasteiger partial charge in [0, 0.05) is 6.20 Å². The van der Waals surface area contributed by atoms with Gasteiger partial charge in [0.1, 0.15) is 11.5 Å². The van der Waals surface area contributed by atoms with Crippen LogP contribution in [0.5, 0.6) is 5.75 Å². The van der Waals surface area contributed by atoms with Gasteiger partial charge >= 0.3 is 0 Å². The lowest BCUT2D eigenvalue weighted by atomic mass is 10.1. The average Bonchev–Trinajstić information content (AvgIpc) is 2.81. The topological polar surface area (TPSA) is 61.3 Å². The minimum atomic E-state index is -0.303. The monoisotopic (exact) mass is 204 g/mol. The number of hydrogen-bond donors (Lipinski definition) is 1. The number of hydrogen-bond acceptors (Lipinski definition) is 4. The van der Waals surface area contributed by atoms with Crippen LogP contribution in [0.25, 0.3) is 0 Å². The predicted octanol–water partition coefficient (Wildman–Crippen LogP) is 1.73. The summed E-state index contributed by atoms with van der Waals surface area (Å²) in [5.74, 6) is 1.40. The first kappa shape index (κ1) is 9.73. The molecule has 0 aliphatic heterocycles. The van der Waals surface area contributed by atoms with Gasteiger partial charge in [0.25, 0.3) is 0 Å². The summed E-state index contributed by atoms with van der Waals surface area (Å²) in [4.78, 5) is 4.04. The van der Waals surface area contributed by atoms with E-state index in [2.05, 4.69) is 4.98 Å². The molecular weight excluding hydrogens is 192 g/mol. The lowest BCUT2D eigenvalue weighted by Gasteiger charge is -2.09. The summed E-state index contributed by atoms with van der Waals surface area (Å²) >= 11 is 0. The van der Waals surface area contributed by atoms with Crippen molar-refractivity contribution in [3.05, 3.63) is 48.2 Å². The Balaban J connectivity index is 2.29. The van der Waals surface area contributed by atoms with Crippen LogP contribution in [-0.4, -0.2) is 12.1 Å². The first-order valence-electron chi connectivity index (χ1n) is 4.59. The van der Waals surface area contributed by atoms with Gasteiger partial charge in [-0.15, -0.1) is 0 Å². The van der Waals surface area contributed by atoms with Crippen molar-refractivity contribution in [1.29, 1.82) is 0 Å². The van der Waals surface area contributed by atoms with Gasteiger partial charge in [-0.2, -0.15) is 0 Å². The van der Waals surface area contributed by atoms with E-state index in [1.807, 2.05) is 18.2 Å². The van der Waals surface area contributed by atoms with E-state index < -0.39 is 0 Å². The molecule has 0 aromatic carbocycles. The van der Waals surface area contributed by atoms with Gasteiger partial charge in [0.2, 0.25) is 0 Å². The first-order valence-corrected chi connectivity index (χ1v) is 4.59. The molecule has 2 aromatic heterocycles. The van der Waals surface area contributed by atoms with Gasteiger partial charge in [-0.25, -0.2) is 0 Å². The number of rotatable bonds is 3. The second-order valence-electron chi connectivity index (χ2n) is 3.15. The Kier molecular flexibility index (Phi) is 2.69. The van der Waals surface area contributed by atoms with Crippen molar-refractivity contribution >= 4 is 0 Å². The van der Waals surface area contributed by atoms with Crippen LogP contribution in [-0.2, 0) is 0 Å². The van der Waals surface area contributed by atoms with Crippen molar-refractivity contribution in [3.63, 3.8) is 0 Å². The Labute approximate surface area is 87.7 Å². The summed E-state index contributed by atoms with van der Waals surface area (Å²) in [6, 6.07) is 5.19. The molecule has 0 radical (unpaired) electrons. The maximum absolute atomic E-state index is 6.00. The molecule has 0 spiro atoms. The van der Waals surface area contributed by atoms with Crippen LogP contribution in [0.3, 0.4) is 0 Å². The Morgan fingerprint density at radius 3 is 3.00 bits per heavy atom. The largest absolute Gasteiger partial charge is 0.495 e. The molecule has 1 atom stereocenters. The third kappa shape index (κ3) is 1.99. The van der Waals surface area contributed by atoms with Crippen LogP contribution in [0.4, 0.5) is 0 Å². The van der Waals surface area contributed by atoms with Crippen molar-refractivity contribution < 1.29 is 9.15 Å². The highest BCUT2D eigenvalue weighted by molar-refractivity contribution is 5.29. The van der Waals surface area contributed by atoms with Crippen molar-refractivity contribution in [2.45, 2.75) is 6.04 Å². The minimum absolute atomic E-state index is 0.303. The van der Waals surface area contributed by atoms with E-state index in [0.29, 0.717) is 11.5 Å². The summed E-state index contributed by atoms with van der Waals surface area (Å²) < 4.78 is 10.3. The van der Waals surface area contributed by atoms with Gasteiger partial charge in [0.05, 0.1) is 25.6 Å². The lowest BCUT2D eigenvalue weighted by Crippen LogP contribution is -2.11. The molecular formula is C11H12N2O2. The number of aromatic nitrogens is 1. The number of methoxy groups -OCH3 is 1. The number of ether oxygens (including phenoxy) is 1. The summed E-state index contributed by atoms with van der Waals surface area (Å²) in [6.07, 6.45) is 4.94. The van der Waals surface area contributed by atoms with Gasteiger partial charge in [-0.1, -0.05) is 0 Å². The quantitative estimate of drug-likeness (QED) is 0.827. The zero-order valence-electron chi connectivity index (χ0n) is 8.38. The van der Waals surface area contributed by atoms with Gasteiger partial charge in [-0.05, 0) is 23.8 Å². The summed E-state index contributed by atoms with van der Waals surface area (Å²) in [5, 5.41) is 0. The van der Waals surface area contributed by atoms with Gasteiger partial charge < -0.3 is 14.9 Å². The molecule has 0 aliphatic rings. The van der Waals surface area contributed by atoms with E-state index in [1.165, 1.54) is 0 Å². The zero-order chi connectivity index (χ0) is 10.7. The molecule has 15 heavy (non-hydrogen) atoms. The van der Waals surface area contributed by atoms with Crippen LogP contribution in [0.2, 0.25) is 0 Å². The van der Waals surface area contributed by atoms with Crippen LogP contribution in [0.1, 0.15) is 17.4 Å². The Morgan fingerprint density at radius 2 is 2.33 bits per heavy atom. The van der Waals surface area contributed by atoms with Gasteiger partial charge in [0.15, 0.2) is 0 Å². The van der Waals surface area contributed by atoms with E-state index >= 15 is 0 Å². The number of nitrogens with zero attached hydrogens (tertiary/aromatic N) is 1. The molecule has 2 heterocycles. The second-order valence-corrected chi connectivity index (χ2v) is 3.15. The highest BCUT2D eigenvalue weighted by Gasteiger charge is 2.12. The molecule has 78 valence electrons. The molecule has 0 amide bonds. The lowest BCUT2D eigenvalue weighted by molar-refractivity contribution is 0.411. The summed E-state index contributed by atoms with van der Waals surface area (Å²) in [5.41, 5.74) is 6.86. The van der Waals surface area contributed by atoms with E-state index in [1.54, 1.807) is 25.8 Å². The molecule has 4 nitrogen and oxygen atoms in total. The Hall–Kier alpha value is -1.81. The molecule has 0 saturated heterocycles. The third-order valence-corrected chi connectivity index (χ3v) is 2.18. The molecule has 2 N–H and O–H groups in total. The number of furan rings is 1. The molecule has 2 aromatic rings. The van der Waals surface area contributed by atoms with Crippen LogP contribution >= 0.6 is 0 Å². The highest BCUT2D eigenvalue weighted by Crippen LogP contribution is 2.21. The first-order chi connectivity index (χ1) is 7.31. The summed E-state index contributed by atoms with van der Waals surface area (Å²) in [6.45, 7) is 0. The van der Waals surface area contributed by atoms with E-state index in [4.69, 9.17) is 14.9 Å². The van der Waals surface area contributed by atoms with Crippen LogP contribution in [0.15, 0.2) is 41.3 Å². The smallest absolute Gasteiger partial charge is 0.137 e. The number of nitrogens with two attached hydrogens (primary N) is 1. The van der Waals surface area contributed by atoms with E-state index in [0.717, 1.165) is 5.56 Å². The molecule has 1 unspecified atom stereocenters. The van der Waals surface area contributed by atoms with Crippen molar-refractivity contribution in [2.75, 3.05) is 7.11 Å². The fourth-order valence-electron chi connectivity index (χ4n) is 1.35. The average molecular weight is 204 g/mol. The molecule has 0 fully saturated rings. The summed E-state index contributed by atoms with van der Waals surface area (Å²) in [7, 11) is 1.60. The zero-order valence-corrected chi connectivity index (χ0v) is 8.38. The van der Waals surface area contributed by atoms with Crippen molar-refractivity contribution in [2.24, 2.45) is 5.73 Å². The van der Waals surface area contributed by atoms with E-state index in [9.17, 15) is 0 Å². The number of pyridine rings is 1. The predicted molar refractivity (Wildman–Crippen MR) is 55.5 cm³/mol. The van der Waals surface area contributed by atoms with Crippen molar-refractivity contribution in [1.82, 2.24) is 4.98 Å². The molecule has 0 saturated carbocycles. The Morgan fingerprint density at radius 1 is 1.47 bits per heavy atom. The fraction of sp³-hybridized carbons (Fsp3) is 0.182. The van der Waals surface area contributed by atoms with Crippen molar-refractivity contribution in [3.8, 4) is 5.75 Å². The fourth-order valence-corrected chi connectivity index (χ4v) is 1.35. The third-order valence-electron chi connectivity index (χ3n) is 2.18. The van der Waals surface area contributed by atoms with Crippen LogP contribution in [0, 0.1) is 0 Å². The SMILES string of the molecule is COc1cncc(C(N)c2ccco2)c1. The molecule has 0 bridgehead atoms. The van der Waals surface area contributed by atoms with Crippen LogP contribution < -0.4 is 10.5 Å². The minimum Gasteiger partial charge on any atom is -0.495 e. The molecule has 2 rings (SSSR count). The maximum Gasteiger partial charge on any atom is 0.137 e. The normalized spacial score (nSPS) is 12.4. The standard InChI is InChI=1S/C11H12N2O2/c1-14-9-5-8(6-13-7-9)11(12)10-3-2-4-15-10/h2-7,11H,12H2,1H3. The maximum atomic E-state index is 6.00. The molecule has 0 aliphatic carbocycles. The molecule has 4 heteroatoms. The highest BCUT2D eigenvalue weighted by atomic mass is 16.5.